The molecule has 5 heteroatoms. The van der Waals surface area contributed by atoms with Gasteiger partial charge in [0, 0.05) is 37.4 Å². The molecule has 0 aromatic heterocycles. The quantitative estimate of drug-likeness (QED) is 0.803. The van der Waals surface area contributed by atoms with E-state index in [0.717, 1.165) is 43.0 Å². The van der Waals surface area contributed by atoms with E-state index in [1.54, 1.807) is 0 Å². The number of thiocarbonyl (C=S) groups is 1. The fourth-order valence-electron chi connectivity index (χ4n) is 2.11. The maximum absolute atomic E-state index is 5.66. The van der Waals surface area contributed by atoms with Gasteiger partial charge in [0.2, 0.25) is 0 Å². The monoisotopic (exact) mass is 264 g/mol. The molecule has 0 atom stereocenters. The van der Waals surface area contributed by atoms with Gasteiger partial charge in [-0.25, -0.2) is 5.01 Å². The molecule has 0 aliphatic carbocycles. The molecule has 0 unspecified atom stereocenters. The molecule has 1 saturated heterocycles. The number of hydrogen-bond acceptors (Lipinski definition) is 4. The minimum Gasteiger partial charge on any atom is -0.389 e. The van der Waals surface area contributed by atoms with Crippen molar-refractivity contribution in [2.24, 2.45) is 5.73 Å². The van der Waals surface area contributed by atoms with Crippen LogP contribution in [0.15, 0.2) is 18.2 Å². The Morgan fingerprint density at radius 1 is 1.28 bits per heavy atom. The zero-order valence-corrected chi connectivity index (χ0v) is 11.8. The molecule has 0 saturated carbocycles. The highest BCUT2D eigenvalue weighted by Crippen LogP contribution is 2.16. The third-order valence-corrected chi connectivity index (χ3v) is 3.50. The first-order valence-corrected chi connectivity index (χ1v) is 6.57. The van der Waals surface area contributed by atoms with Crippen LogP contribution in [0.5, 0.6) is 0 Å². The minimum atomic E-state index is 0.457. The van der Waals surface area contributed by atoms with Crippen LogP contribution in [-0.4, -0.2) is 48.1 Å². The molecule has 1 heterocycles. The highest BCUT2D eigenvalue weighted by Gasteiger charge is 2.13. The second-order valence-corrected chi connectivity index (χ2v) is 5.24. The number of anilines is 1. The zero-order valence-electron chi connectivity index (χ0n) is 10.9. The van der Waals surface area contributed by atoms with Crippen molar-refractivity contribution in [1.82, 2.24) is 9.91 Å². The summed E-state index contributed by atoms with van der Waals surface area (Å²) in [7, 11) is 2.15. The molecule has 0 bridgehead atoms. The van der Waals surface area contributed by atoms with E-state index in [0.29, 0.717) is 4.99 Å². The molecular formula is C13H20N4S. The van der Waals surface area contributed by atoms with E-state index in [-0.39, 0.29) is 0 Å². The third-order valence-electron chi connectivity index (χ3n) is 3.28. The van der Waals surface area contributed by atoms with Crippen molar-refractivity contribution in [3.63, 3.8) is 0 Å². The van der Waals surface area contributed by atoms with Gasteiger partial charge in [0.1, 0.15) is 4.99 Å². The number of nitrogens with two attached hydrogens (primary N) is 1. The van der Waals surface area contributed by atoms with Crippen molar-refractivity contribution in [2.45, 2.75) is 6.92 Å². The van der Waals surface area contributed by atoms with Gasteiger partial charge in [-0.3, -0.25) is 0 Å². The summed E-state index contributed by atoms with van der Waals surface area (Å²) in [6.45, 7) is 6.29. The number of rotatable bonds is 3. The van der Waals surface area contributed by atoms with Gasteiger partial charge < -0.3 is 16.1 Å². The molecule has 0 spiro atoms. The average Bonchev–Trinajstić information content (AvgIpc) is 2.32. The maximum atomic E-state index is 5.66. The highest BCUT2D eigenvalue weighted by molar-refractivity contribution is 7.80. The summed E-state index contributed by atoms with van der Waals surface area (Å²) < 4.78 is 0. The van der Waals surface area contributed by atoms with Crippen molar-refractivity contribution in [1.29, 1.82) is 0 Å². The Morgan fingerprint density at radius 2 is 1.94 bits per heavy atom. The van der Waals surface area contributed by atoms with Crippen molar-refractivity contribution in [2.75, 3.05) is 38.7 Å². The lowest BCUT2D eigenvalue weighted by Crippen LogP contribution is -2.46. The summed E-state index contributed by atoms with van der Waals surface area (Å²) in [5, 5.41) is 2.25. The van der Waals surface area contributed by atoms with Crippen LogP contribution < -0.4 is 11.2 Å². The number of nitrogens with zero attached hydrogens (tertiary/aromatic N) is 2. The second kappa shape index (κ2) is 5.65. The fourth-order valence-corrected chi connectivity index (χ4v) is 2.34. The molecule has 4 nitrogen and oxygen atoms in total. The standard InChI is InChI=1S/C13H20N4S/c1-10-9-11(3-4-12(10)13(14)18)15-17-7-5-16(2)6-8-17/h3-4,9,15H,5-8H2,1-2H3,(H2,14,18). The molecular weight excluding hydrogens is 244 g/mol. The number of hydrogen-bond donors (Lipinski definition) is 2. The summed E-state index contributed by atoms with van der Waals surface area (Å²) in [5.41, 5.74) is 12.3. The van der Waals surface area contributed by atoms with Gasteiger partial charge in [-0.2, -0.15) is 0 Å². The summed E-state index contributed by atoms with van der Waals surface area (Å²) >= 11 is 5.01. The predicted molar refractivity (Wildman–Crippen MR) is 79.8 cm³/mol. The molecule has 1 aliphatic heterocycles. The Bertz CT molecular complexity index is 439. The van der Waals surface area contributed by atoms with E-state index >= 15 is 0 Å². The Kier molecular flexibility index (Phi) is 4.16. The summed E-state index contributed by atoms with van der Waals surface area (Å²) in [4.78, 5) is 2.79. The highest BCUT2D eigenvalue weighted by atomic mass is 32.1. The molecule has 98 valence electrons. The topological polar surface area (TPSA) is 44.5 Å². The van der Waals surface area contributed by atoms with Crippen LogP contribution in [0.4, 0.5) is 5.69 Å². The van der Waals surface area contributed by atoms with Gasteiger partial charge in [0.05, 0.1) is 0 Å². The first kappa shape index (κ1) is 13.3. The van der Waals surface area contributed by atoms with E-state index in [1.165, 1.54) is 0 Å². The van der Waals surface area contributed by atoms with Gasteiger partial charge in [-0.1, -0.05) is 12.2 Å². The number of aryl methyl sites for hydroxylation is 1. The molecule has 1 aliphatic rings. The molecule has 0 amide bonds. The molecule has 1 aromatic carbocycles. The number of piperazine rings is 1. The lowest BCUT2D eigenvalue weighted by molar-refractivity contribution is 0.179. The van der Waals surface area contributed by atoms with Crippen molar-refractivity contribution < 1.29 is 0 Å². The Hall–Kier alpha value is -1.17. The second-order valence-electron chi connectivity index (χ2n) is 4.80. The predicted octanol–water partition coefficient (Wildman–Crippen LogP) is 1.20. The summed E-state index contributed by atoms with van der Waals surface area (Å²) in [6, 6.07) is 6.10. The van der Waals surface area contributed by atoms with Gasteiger partial charge in [0.25, 0.3) is 0 Å². The van der Waals surface area contributed by atoms with Gasteiger partial charge in [-0.05, 0) is 37.7 Å². The number of hydrazine groups is 1. The summed E-state index contributed by atoms with van der Waals surface area (Å²) in [6.07, 6.45) is 0. The lowest BCUT2D eigenvalue weighted by atomic mass is 10.1. The lowest BCUT2D eigenvalue weighted by Gasteiger charge is -2.33. The van der Waals surface area contributed by atoms with Gasteiger partial charge in [0.15, 0.2) is 0 Å². The van der Waals surface area contributed by atoms with Crippen molar-refractivity contribution in [3.05, 3.63) is 29.3 Å². The van der Waals surface area contributed by atoms with Crippen LogP contribution in [0.3, 0.4) is 0 Å². The Balaban J connectivity index is 2.02. The maximum Gasteiger partial charge on any atom is 0.104 e. The molecule has 1 fully saturated rings. The SMILES string of the molecule is Cc1cc(NN2CCN(C)CC2)ccc1C(N)=S. The van der Waals surface area contributed by atoms with Crippen LogP contribution in [0.2, 0.25) is 0 Å². The molecule has 2 rings (SSSR count). The van der Waals surface area contributed by atoms with Crippen molar-refractivity contribution in [3.8, 4) is 0 Å². The van der Waals surface area contributed by atoms with Crippen LogP contribution in [0.1, 0.15) is 11.1 Å². The van der Waals surface area contributed by atoms with Crippen molar-refractivity contribution >= 4 is 22.9 Å². The first-order valence-electron chi connectivity index (χ1n) is 6.17. The molecule has 0 radical (unpaired) electrons. The van der Waals surface area contributed by atoms with E-state index < -0.39 is 0 Å². The van der Waals surface area contributed by atoms with Gasteiger partial charge >= 0.3 is 0 Å². The molecule has 1 aromatic rings. The fraction of sp³-hybridized carbons (Fsp3) is 0.462. The minimum absolute atomic E-state index is 0.457. The number of benzene rings is 1. The zero-order chi connectivity index (χ0) is 13.1. The summed E-state index contributed by atoms with van der Waals surface area (Å²) in [5.74, 6) is 0. The van der Waals surface area contributed by atoms with Crippen LogP contribution in [-0.2, 0) is 0 Å². The molecule has 3 N–H and O–H groups in total. The van der Waals surface area contributed by atoms with Gasteiger partial charge in [-0.15, -0.1) is 0 Å². The molecule has 18 heavy (non-hydrogen) atoms. The number of likely N-dealkylation sites (N-methyl/N-ethyl adjacent to an activating group) is 1. The Morgan fingerprint density at radius 3 is 2.50 bits per heavy atom. The van der Waals surface area contributed by atoms with Crippen LogP contribution >= 0.6 is 12.2 Å². The van der Waals surface area contributed by atoms with Crippen LogP contribution in [0.25, 0.3) is 0 Å². The average molecular weight is 264 g/mol. The van der Waals surface area contributed by atoms with E-state index in [9.17, 15) is 0 Å². The number of nitrogens with one attached hydrogen (secondary N) is 1. The first-order chi connectivity index (χ1) is 8.56. The smallest absolute Gasteiger partial charge is 0.104 e. The third kappa shape index (κ3) is 3.19. The largest absolute Gasteiger partial charge is 0.389 e. The van der Waals surface area contributed by atoms with E-state index in [2.05, 4.69) is 28.4 Å². The van der Waals surface area contributed by atoms with Crippen LogP contribution in [0, 0.1) is 6.92 Å². The normalized spacial score (nSPS) is 17.7. The van der Waals surface area contributed by atoms with E-state index in [1.807, 2.05) is 19.1 Å². The Labute approximate surface area is 114 Å². The van der Waals surface area contributed by atoms with E-state index in [4.69, 9.17) is 18.0 Å².